The van der Waals surface area contributed by atoms with Gasteiger partial charge < -0.3 is 10.2 Å². The molecule has 0 aliphatic carbocycles. The maximum atomic E-state index is 11.8. The van der Waals surface area contributed by atoms with Crippen molar-refractivity contribution in [1.29, 1.82) is 0 Å². The Morgan fingerprint density at radius 1 is 1.41 bits per heavy atom. The number of nitrogens with one attached hydrogen (secondary N) is 1. The lowest BCUT2D eigenvalue weighted by Gasteiger charge is -2.27. The van der Waals surface area contributed by atoms with Crippen molar-refractivity contribution < 1.29 is 4.79 Å². The molecule has 1 N–H and O–H groups in total. The van der Waals surface area contributed by atoms with Gasteiger partial charge in [0.1, 0.15) is 0 Å². The number of hydrogen-bond acceptors (Lipinski definition) is 4. The Morgan fingerprint density at radius 2 is 2.18 bits per heavy atom. The van der Waals surface area contributed by atoms with Crippen molar-refractivity contribution in [2.75, 3.05) is 26.2 Å². The Balaban J connectivity index is 1.87. The largest absolute Gasteiger partial charge is 0.340 e. The highest BCUT2D eigenvalue weighted by atomic mass is 16.2. The summed E-state index contributed by atoms with van der Waals surface area (Å²) in [5, 5.41) is 7.11. The average Bonchev–Trinajstić information content (AvgIpc) is 2.38. The molecule has 6 heteroatoms. The molecule has 2 heterocycles. The van der Waals surface area contributed by atoms with Crippen LogP contribution in [0.15, 0.2) is 23.1 Å². The number of amides is 1. The standard InChI is InChI=1S/C11H16N4O2/c16-10(14-8-5-12-6-9-14)3-7-15-11(17)2-1-4-13-15/h1-2,4,12H,3,5-9H2. The van der Waals surface area contributed by atoms with E-state index in [4.69, 9.17) is 0 Å². The van der Waals surface area contributed by atoms with Crippen LogP contribution in [-0.2, 0) is 11.3 Å². The molecule has 0 radical (unpaired) electrons. The second-order valence-corrected chi connectivity index (χ2v) is 3.97. The molecule has 1 aromatic heterocycles. The van der Waals surface area contributed by atoms with Gasteiger partial charge in [-0.3, -0.25) is 9.59 Å². The van der Waals surface area contributed by atoms with E-state index >= 15 is 0 Å². The lowest BCUT2D eigenvalue weighted by atomic mass is 10.3. The molecule has 92 valence electrons. The van der Waals surface area contributed by atoms with E-state index in [-0.39, 0.29) is 11.5 Å². The van der Waals surface area contributed by atoms with E-state index in [1.807, 2.05) is 4.90 Å². The fraction of sp³-hybridized carbons (Fsp3) is 0.545. The Kier molecular flexibility index (Phi) is 3.87. The minimum Gasteiger partial charge on any atom is -0.340 e. The highest BCUT2D eigenvalue weighted by Crippen LogP contribution is 1.97. The van der Waals surface area contributed by atoms with Crippen LogP contribution in [0.25, 0.3) is 0 Å². The SMILES string of the molecule is O=C(CCn1ncccc1=O)N1CCNCC1. The summed E-state index contributed by atoms with van der Waals surface area (Å²) < 4.78 is 1.32. The van der Waals surface area contributed by atoms with Gasteiger partial charge in [-0.15, -0.1) is 0 Å². The lowest BCUT2D eigenvalue weighted by Crippen LogP contribution is -2.46. The van der Waals surface area contributed by atoms with Crippen molar-refractivity contribution in [1.82, 2.24) is 20.0 Å². The zero-order chi connectivity index (χ0) is 12.1. The fourth-order valence-corrected chi connectivity index (χ4v) is 1.83. The van der Waals surface area contributed by atoms with Crippen LogP contribution in [0.5, 0.6) is 0 Å². The number of aromatic nitrogens is 2. The third kappa shape index (κ3) is 3.13. The second kappa shape index (κ2) is 5.58. The van der Waals surface area contributed by atoms with E-state index < -0.39 is 0 Å². The summed E-state index contributed by atoms with van der Waals surface area (Å²) in [5.41, 5.74) is -0.166. The maximum Gasteiger partial charge on any atom is 0.266 e. The normalized spacial score (nSPS) is 15.9. The maximum absolute atomic E-state index is 11.8. The highest BCUT2D eigenvalue weighted by molar-refractivity contribution is 5.76. The first-order valence-electron chi connectivity index (χ1n) is 5.78. The van der Waals surface area contributed by atoms with Crippen LogP contribution in [0.1, 0.15) is 6.42 Å². The Hall–Kier alpha value is -1.69. The molecule has 0 atom stereocenters. The van der Waals surface area contributed by atoms with Gasteiger partial charge >= 0.3 is 0 Å². The second-order valence-electron chi connectivity index (χ2n) is 3.97. The molecule has 1 aromatic rings. The first-order chi connectivity index (χ1) is 8.27. The van der Waals surface area contributed by atoms with Gasteiger partial charge in [0.05, 0.1) is 6.54 Å². The summed E-state index contributed by atoms with van der Waals surface area (Å²) in [6.07, 6.45) is 1.88. The van der Waals surface area contributed by atoms with Crippen LogP contribution in [0.3, 0.4) is 0 Å². The number of hydrogen-bond donors (Lipinski definition) is 1. The van der Waals surface area contributed by atoms with Gasteiger partial charge in [-0.25, -0.2) is 4.68 Å². The lowest BCUT2D eigenvalue weighted by molar-refractivity contribution is -0.132. The number of nitrogens with zero attached hydrogens (tertiary/aromatic N) is 3. The molecule has 0 unspecified atom stereocenters. The molecule has 0 aromatic carbocycles. The summed E-state index contributed by atoms with van der Waals surface area (Å²) in [6, 6.07) is 3.04. The van der Waals surface area contributed by atoms with Gasteiger partial charge in [-0.1, -0.05) is 0 Å². The van der Waals surface area contributed by atoms with Gasteiger partial charge in [0.2, 0.25) is 5.91 Å². The number of carbonyl (C=O) groups excluding carboxylic acids is 1. The molecule has 0 bridgehead atoms. The van der Waals surface area contributed by atoms with Crippen LogP contribution in [-0.4, -0.2) is 46.8 Å². The number of piperazine rings is 1. The zero-order valence-corrected chi connectivity index (χ0v) is 9.63. The van der Waals surface area contributed by atoms with E-state index in [0.29, 0.717) is 13.0 Å². The molecule has 6 nitrogen and oxygen atoms in total. The molecule has 17 heavy (non-hydrogen) atoms. The van der Waals surface area contributed by atoms with Gasteiger partial charge in [0.15, 0.2) is 0 Å². The van der Waals surface area contributed by atoms with Gasteiger partial charge in [-0.05, 0) is 6.07 Å². The third-order valence-corrected chi connectivity index (χ3v) is 2.79. The monoisotopic (exact) mass is 236 g/mol. The van der Waals surface area contributed by atoms with Crippen molar-refractivity contribution in [3.05, 3.63) is 28.7 Å². The first kappa shape index (κ1) is 11.8. The molecule has 1 saturated heterocycles. The molecule has 0 saturated carbocycles. The Bertz CT molecular complexity index is 437. The van der Waals surface area contributed by atoms with Crippen molar-refractivity contribution in [2.24, 2.45) is 0 Å². The topological polar surface area (TPSA) is 67.2 Å². The van der Waals surface area contributed by atoms with Crippen LogP contribution in [0.2, 0.25) is 0 Å². The van der Waals surface area contributed by atoms with E-state index in [0.717, 1.165) is 26.2 Å². The van der Waals surface area contributed by atoms with Crippen molar-refractivity contribution in [3.63, 3.8) is 0 Å². The highest BCUT2D eigenvalue weighted by Gasteiger charge is 2.15. The Labute approximate surface area is 99.2 Å². The molecule has 0 spiro atoms. The molecule has 2 rings (SSSR count). The first-order valence-corrected chi connectivity index (χ1v) is 5.78. The molecule has 1 aliphatic rings. The van der Waals surface area contributed by atoms with E-state index in [2.05, 4.69) is 10.4 Å². The van der Waals surface area contributed by atoms with Crippen molar-refractivity contribution in [2.45, 2.75) is 13.0 Å². The summed E-state index contributed by atoms with van der Waals surface area (Å²) >= 11 is 0. The van der Waals surface area contributed by atoms with Crippen molar-refractivity contribution in [3.8, 4) is 0 Å². The van der Waals surface area contributed by atoms with Crippen LogP contribution < -0.4 is 10.9 Å². The van der Waals surface area contributed by atoms with E-state index in [9.17, 15) is 9.59 Å². The molecule has 1 amide bonds. The summed E-state index contributed by atoms with van der Waals surface area (Å²) in [5.74, 6) is 0.0871. The van der Waals surface area contributed by atoms with Gasteiger partial charge in [-0.2, -0.15) is 5.10 Å². The van der Waals surface area contributed by atoms with E-state index in [1.54, 1.807) is 12.3 Å². The smallest absolute Gasteiger partial charge is 0.266 e. The number of carbonyl (C=O) groups is 1. The predicted octanol–water partition coefficient (Wildman–Crippen LogP) is -0.935. The molecular formula is C11H16N4O2. The van der Waals surface area contributed by atoms with Crippen molar-refractivity contribution >= 4 is 5.91 Å². The third-order valence-electron chi connectivity index (χ3n) is 2.79. The zero-order valence-electron chi connectivity index (χ0n) is 9.63. The quantitative estimate of drug-likeness (QED) is 0.736. The summed E-state index contributed by atoms with van der Waals surface area (Å²) in [6.45, 7) is 3.53. The molecular weight excluding hydrogens is 220 g/mol. The minimum atomic E-state index is -0.166. The average molecular weight is 236 g/mol. The van der Waals surface area contributed by atoms with Crippen LogP contribution >= 0.6 is 0 Å². The fourth-order valence-electron chi connectivity index (χ4n) is 1.83. The minimum absolute atomic E-state index is 0.0871. The van der Waals surface area contributed by atoms with Gasteiger partial charge in [0.25, 0.3) is 5.56 Å². The summed E-state index contributed by atoms with van der Waals surface area (Å²) in [7, 11) is 0. The Morgan fingerprint density at radius 3 is 2.88 bits per heavy atom. The van der Waals surface area contributed by atoms with E-state index in [1.165, 1.54) is 10.7 Å². The molecule has 1 fully saturated rings. The number of aryl methyl sites for hydroxylation is 1. The molecule has 1 aliphatic heterocycles. The number of rotatable bonds is 3. The van der Waals surface area contributed by atoms with Crippen LogP contribution in [0.4, 0.5) is 0 Å². The summed E-state index contributed by atoms with van der Waals surface area (Å²) in [4.78, 5) is 25.0. The predicted molar refractivity (Wildman–Crippen MR) is 62.6 cm³/mol. The van der Waals surface area contributed by atoms with Crippen LogP contribution in [0, 0.1) is 0 Å². The van der Waals surface area contributed by atoms with Gasteiger partial charge in [0, 0.05) is 44.9 Å².